The molecule has 1 aromatic rings. The van der Waals surface area contributed by atoms with Crippen molar-refractivity contribution in [1.29, 1.82) is 0 Å². The summed E-state index contributed by atoms with van der Waals surface area (Å²) >= 11 is 5.92. The minimum atomic E-state index is -0.106. The summed E-state index contributed by atoms with van der Waals surface area (Å²) in [5.41, 5.74) is 1.30. The Balaban J connectivity index is 1.45. The van der Waals surface area contributed by atoms with E-state index in [4.69, 9.17) is 21.1 Å². The number of nitrogens with one attached hydrogen (secondary N) is 1. The van der Waals surface area contributed by atoms with Crippen LogP contribution in [0.5, 0.6) is 0 Å². The minimum Gasteiger partial charge on any atom is -0.378 e. The first kappa shape index (κ1) is 14.3. The van der Waals surface area contributed by atoms with Crippen LogP contribution in [0, 0.1) is 0 Å². The fourth-order valence-electron chi connectivity index (χ4n) is 3.08. The van der Waals surface area contributed by atoms with Crippen LogP contribution in [0.4, 0.5) is 0 Å². The molecule has 1 aromatic carbocycles. The second kappa shape index (κ2) is 6.02. The number of rotatable bonds is 5. The zero-order valence-corrected chi connectivity index (χ0v) is 12.7. The van der Waals surface area contributed by atoms with E-state index < -0.39 is 0 Å². The van der Waals surface area contributed by atoms with Gasteiger partial charge in [0.25, 0.3) is 0 Å². The third-order valence-electron chi connectivity index (χ3n) is 4.69. The first-order valence-corrected chi connectivity index (χ1v) is 7.70. The van der Waals surface area contributed by atoms with Gasteiger partial charge in [0.15, 0.2) is 0 Å². The molecule has 0 aromatic heterocycles. The molecule has 20 heavy (non-hydrogen) atoms. The molecule has 1 saturated carbocycles. The van der Waals surface area contributed by atoms with Crippen LogP contribution in [0.1, 0.15) is 30.7 Å². The van der Waals surface area contributed by atoms with E-state index in [9.17, 15) is 0 Å². The molecule has 0 radical (unpaired) electrons. The van der Waals surface area contributed by atoms with Gasteiger partial charge >= 0.3 is 0 Å². The lowest BCUT2D eigenvalue weighted by Gasteiger charge is -2.38. The molecular weight excluding hydrogens is 274 g/mol. The predicted octanol–water partition coefficient (Wildman–Crippen LogP) is 2.98. The molecule has 0 spiro atoms. The van der Waals surface area contributed by atoms with E-state index in [1.165, 1.54) is 18.4 Å². The van der Waals surface area contributed by atoms with Crippen molar-refractivity contribution in [3.05, 3.63) is 34.9 Å². The summed E-state index contributed by atoms with van der Waals surface area (Å²) in [5, 5.41) is 4.44. The third kappa shape index (κ3) is 3.01. The molecule has 0 bridgehead atoms. The maximum Gasteiger partial charge on any atom is 0.106 e. The van der Waals surface area contributed by atoms with Gasteiger partial charge in [0.2, 0.25) is 0 Å². The highest BCUT2D eigenvalue weighted by molar-refractivity contribution is 6.30. The number of hydrogen-bond acceptors (Lipinski definition) is 3. The Kier molecular flexibility index (Phi) is 4.32. The van der Waals surface area contributed by atoms with Crippen molar-refractivity contribution in [3.63, 3.8) is 0 Å². The molecule has 0 amide bonds. The van der Waals surface area contributed by atoms with Gasteiger partial charge in [-0.3, -0.25) is 0 Å². The molecule has 1 aliphatic carbocycles. The summed E-state index contributed by atoms with van der Waals surface area (Å²) in [4.78, 5) is 0. The van der Waals surface area contributed by atoms with Crippen molar-refractivity contribution in [1.82, 2.24) is 5.32 Å². The lowest BCUT2D eigenvalue weighted by molar-refractivity contribution is -0.0196. The van der Waals surface area contributed by atoms with E-state index in [-0.39, 0.29) is 5.60 Å². The Morgan fingerprint density at radius 2 is 2.10 bits per heavy atom. The maximum atomic E-state index is 5.92. The van der Waals surface area contributed by atoms with Gasteiger partial charge in [0.05, 0.1) is 6.61 Å². The average Bonchev–Trinajstić information content (AvgIpc) is 2.88. The fourth-order valence-corrected chi connectivity index (χ4v) is 3.21. The summed E-state index contributed by atoms with van der Waals surface area (Å²) in [5.74, 6) is 0.670. The van der Waals surface area contributed by atoms with Crippen LogP contribution in [-0.4, -0.2) is 38.5 Å². The van der Waals surface area contributed by atoms with E-state index in [1.54, 1.807) is 7.11 Å². The Hall–Kier alpha value is -0.610. The van der Waals surface area contributed by atoms with Crippen LogP contribution < -0.4 is 5.32 Å². The highest BCUT2D eigenvalue weighted by Gasteiger charge is 2.37. The highest BCUT2D eigenvalue weighted by atomic mass is 35.5. The first-order valence-electron chi connectivity index (χ1n) is 7.32. The van der Waals surface area contributed by atoms with Crippen LogP contribution in [0.15, 0.2) is 24.3 Å². The molecule has 1 heterocycles. The quantitative estimate of drug-likeness (QED) is 0.906. The normalized spacial score (nSPS) is 33.1. The van der Waals surface area contributed by atoms with Crippen LogP contribution in [0.3, 0.4) is 0 Å². The number of ether oxygens (including phenoxy) is 2. The van der Waals surface area contributed by atoms with Gasteiger partial charge in [-0.25, -0.2) is 0 Å². The van der Waals surface area contributed by atoms with Crippen molar-refractivity contribution in [2.45, 2.75) is 36.8 Å². The van der Waals surface area contributed by atoms with Crippen molar-refractivity contribution >= 4 is 11.6 Å². The van der Waals surface area contributed by atoms with E-state index in [2.05, 4.69) is 17.4 Å². The molecule has 1 aliphatic heterocycles. The summed E-state index contributed by atoms with van der Waals surface area (Å²) < 4.78 is 11.1. The van der Waals surface area contributed by atoms with E-state index in [0.29, 0.717) is 18.6 Å². The molecule has 3 nitrogen and oxygen atoms in total. The summed E-state index contributed by atoms with van der Waals surface area (Å²) in [6, 6.07) is 8.85. The zero-order valence-electron chi connectivity index (χ0n) is 11.9. The van der Waals surface area contributed by atoms with E-state index in [0.717, 1.165) is 24.6 Å². The number of hydrogen-bond donors (Lipinski definition) is 1. The largest absolute Gasteiger partial charge is 0.378 e. The predicted molar refractivity (Wildman–Crippen MR) is 80.4 cm³/mol. The average molecular weight is 296 g/mol. The molecule has 1 saturated heterocycles. The Morgan fingerprint density at radius 3 is 2.70 bits per heavy atom. The summed E-state index contributed by atoms with van der Waals surface area (Å²) in [7, 11) is 1.79. The molecular formula is C16H22ClNO2. The SMILES string of the molecule is COC1(CNC2CC(c3ccc(Cl)cc3)C2)CCOC1. The highest BCUT2D eigenvalue weighted by Crippen LogP contribution is 2.37. The molecule has 1 unspecified atom stereocenters. The van der Waals surface area contributed by atoms with Crippen LogP contribution in [-0.2, 0) is 9.47 Å². The van der Waals surface area contributed by atoms with Gasteiger partial charge in [-0.2, -0.15) is 0 Å². The molecule has 4 heteroatoms. The molecule has 110 valence electrons. The van der Waals surface area contributed by atoms with Crippen LogP contribution in [0.25, 0.3) is 0 Å². The van der Waals surface area contributed by atoms with Gasteiger partial charge in [0, 0.05) is 37.7 Å². The first-order chi connectivity index (χ1) is 9.71. The summed E-state index contributed by atoms with van der Waals surface area (Å²) in [6.07, 6.45) is 3.38. The van der Waals surface area contributed by atoms with Gasteiger partial charge < -0.3 is 14.8 Å². The standard InChI is InChI=1S/C16H22ClNO2/c1-19-16(6-7-20-11-16)10-18-15-8-13(9-15)12-2-4-14(17)5-3-12/h2-5,13,15,18H,6-11H2,1H3. The molecule has 1 N–H and O–H groups in total. The smallest absolute Gasteiger partial charge is 0.106 e. The Bertz CT molecular complexity index is 436. The second-order valence-corrected chi connectivity index (χ2v) is 6.42. The van der Waals surface area contributed by atoms with Crippen molar-refractivity contribution in [3.8, 4) is 0 Å². The Morgan fingerprint density at radius 1 is 1.35 bits per heavy atom. The second-order valence-electron chi connectivity index (χ2n) is 5.99. The van der Waals surface area contributed by atoms with Gasteiger partial charge in [0.1, 0.15) is 5.60 Å². The van der Waals surface area contributed by atoms with Crippen molar-refractivity contribution in [2.75, 3.05) is 26.9 Å². The van der Waals surface area contributed by atoms with Crippen molar-refractivity contribution in [2.24, 2.45) is 0 Å². The molecule has 1 atom stereocenters. The molecule has 3 rings (SSSR count). The topological polar surface area (TPSA) is 30.5 Å². The summed E-state index contributed by atoms with van der Waals surface area (Å²) in [6.45, 7) is 2.42. The van der Waals surface area contributed by atoms with E-state index >= 15 is 0 Å². The number of halogens is 1. The fraction of sp³-hybridized carbons (Fsp3) is 0.625. The minimum absolute atomic E-state index is 0.106. The van der Waals surface area contributed by atoms with Gasteiger partial charge in [-0.05, 0) is 36.5 Å². The number of methoxy groups -OCH3 is 1. The van der Waals surface area contributed by atoms with Gasteiger partial charge in [-0.15, -0.1) is 0 Å². The Labute approximate surface area is 125 Å². The maximum absolute atomic E-state index is 5.92. The molecule has 2 fully saturated rings. The van der Waals surface area contributed by atoms with Crippen LogP contribution >= 0.6 is 11.6 Å². The number of benzene rings is 1. The monoisotopic (exact) mass is 295 g/mol. The molecule has 2 aliphatic rings. The lowest BCUT2D eigenvalue weighted by Crippen LogP contribution is -2.49. The van der Waals surface area contributed by atoms with Crippen molar-refractivity contribution < 1.29 is 9.47 Å². The third-order valence-corrected chi connectivity index (χ3v) is 4.94. The van der Waals surface area contributed by atoms with Gasteiger partial charge in [-0.1, -0.05) is 23.7 Å². The zero-order chi connectivity index (χ0) is 14.0. The van der Waals surface area contributed by atoms with Crippen LogP contribution in [0.2, 0.25) is 5.02 Å². The van der Waals surface area contributed by atoms with E-state index in [1.807, 2.05) is 12.1 Å². The lowest BCUT2D eigenvalue weighted by atomic mass is 9.75.